The average molecular weight is 784 g/mol. The Morgan fingerprint density at radius 2 is 1.16 bits per heavy atom. The minimum absolute atomic E-state index is 0.0829. The minimum Gasteiger partial charge on any atom is -0.505 e. The Labute approximate surface area is 281 Å². The Kier molecular flexibility index (Phi) is 11.4. The molecule has 22 nitrogen and oxygen atoms in total. The van der Waals surface area contributed by atoms with Crippen molar-refractivity contribution >= 4 is 93.6 Å². The topological polar surface area (TPSA) is 356 Å². The lowest BCUT2D eigenvalue weighted by Gasteiger charge is -2.13. The van der Waals surface area contributed by atoms with Gasteiger partial charge in [-0.15, -0.1) is 29.1 Å². The number of nitrogens with two attached hydrogens (primary N) is 1. The third kappa shape index (κ3) is 8.75. The zero-order valence-electron chi connectivity index (χ0n) is 23.2. The summed E-state index contributed by atoms with van der Waals surface area (Å²) < 4.78 is 109. The summed E-state index contributed by atoms with van der Waals surface area (Å²) in [4.78, 5) is -3.20. The Morgan fingerprint density at radius 1 is 0.612 bits per heavy atom. The van der Waals surface area contributed by atoms with Crippen LogP contribution in [0, 0.1) is 0 Å². The van der Waals surface area contributed by atoms with Crippen LogP contribution in [-0.2, 0) is 49.1 Å². The fourth-order valence-electron chi connectivity index (χ4n) is 3.85. The second-order valence-corrected chi connectivity index (χ2v) is 14.6. The summed E-state index contributed by atoms with van der Waals surface area (Å²) >= 11 is 0.305. The van der Waals surface area contributed by atoms with Gasteiger partial charge in [0, 0.05) is 5.69 Å². The van der Waals surface area contributed by atoms with E-state index in [0.29, 0.717) is 6.07 Å². The first-order valence-electron chi connectivity index (χ1n) is 12.0. The third-order valence-corrected chi connectivity index (χ3v) is 9.70. The lowest BCUT2D eigenvalue weighted by Crippen LogP contribution is -2.00. The lowest BCUT2D eigenvalue weighted by molar-refractivity contribution is -0.432. The number of nitrogens with zero attached hydrogens (tertiary/aromatic N) is 4. The summed E-state index contributed by atoms with van der Waals surface area (Å²) in [5.41, 5.74) is 3.02. The first-order chi connectivity index (χ1) is 22.9. The van der Waals surface area contributed by atoms with Crippen LogP contribution < -0.4 is 5.73 Å². The predicted octanol–water partition coefficient (Wildman–Crippen LogP) is 5.26. The molecule has 0 radical (unpaired) electrons. The number of anilines is 1. The Morgan fingerprint density at radius 3 is 1.76 bits per heavy atom. The highest BCUT2D eigenvalue weighted by Gasteiger charge is 2.27. The molecular weight excluding hydrogens is 767 g/mol. The molecule has 0 atom stereocenters. The number of hydrogen-bond donors (Lipinski definition) is 8. The maximum atomic E-state index is 12.4. The number of azo groups is 2. The van der Waals surface area contributed by atoms with E-state index in [0.717, 1.165) is 36.4 Å². The molecule has 0 amide bonds. The molecule has 0 saturated heterocycles. The van der Waals surface area contributed by atoms with Gasteiger partial charge in [0.05, 0.1) is 44.2 Å². The zero-order valence-corrected chi connectivity index (χ0v) is 27.3. The molecule has 0 spiro atoms. The monoisotopic (exact) mass is 783 g/mol. The average Bonchev–Trinajstić information content (AvgIpc) is 3.00. The quantitative estimate of drug-likeness (QED) is 0.0214. The molecule has 262 valence electrons. The Balaban J connectivity index is 1.98. The van der Waals surface area contributed by atoms with Crippen molar-refractivity contribution < 1.29 is 78.4 Å². The van der Waals surface area contributed by atoms with Gasteiger partial charge in [0.1, 0.15) is 32.5 Å². The summed E-state index contributed by atoms with van der Waals surface area (Å²) in [5, 5.41) is 60.4. The maximum absolute atomic E-state index is 12.4. The molecule has 0 aliphatic heterocycles. The van der Waals surface area contributed by atoms with Crippen LogP contribution in [0.25, 0.3) is 10.8 Å². The summed E-state index contributed by atoms with van der Waals surface area (Å²) in [6.07, 6.45) is 0. The van der Waals surface area contributed by atoms with Crippen molar-refractivity contribution in [3.63, 3.8) is 0 Å². The summed E-state index contributed by atoms with van der Waals surface area (Å²) in [6.45, 7) is 0. The lowest BCUT2D eigenvalue weighted by atomic mass is 10.1. The molecule has 4 aromatic rings. The van der Waals surface area contributed by atoms with E-state index in [9.17, 15) is 49.1 Å². The highest BCUT2D eigenvalue weighted by Crippen LogP contribution is 2.51. The zero-order chi connectivity index (χ0) is 36.3. The number of benzene rings is 4. The predicted molar refractivity (Wildman–Crippen MR) is 164 cm³/mol. The molecule has 0 unspecified atom stereocenters. The molecule has 27 heteroatoms. The third-order valence-electron chi connectivity index (χ3n) is 5.84. The molecule has 0 heterocycles. The van der Waals surface area contributed by atoms with Crippen molar-refractivity contribution in [1.29, 1.82) is 0 Å². The van der Waals surface area contributed by atoms with Gasteiger partial charge in [0.15, 0.2) is 11.5 Å². The van der Waals surface area contributed by atoms with E-state index in [2.05, 4.69) is 39.2 Å². The smallest absolute Gasteiger partial charge is 0.296 e. The fourth-order valence-corrected chi connectivity index (χ4v) is 6.72. The van der Waals surface area contributed by atoms with Gasteiger partial charge in [0.2, 0.25) is 0 Å². The normalized spacial score (nSPS) is 12.8. The van der Waals surface area contributed by atoms with Crippen molar-refractivity contribution in [2.24, 2.45) is 20.5 Å². The first-order valence-corrected chi connectivity index (χ1v) is 17.8. The van der Waals surface area contributed by atoms with Gasteiger partial charge < -0.3 is 15.9 Å². The molecule has 4 rings (SSSR count). The Bertz CT molecular complexity index is 2340. The number of fused-ring (bicyclic) bond motifs is 1. The molecule has 0 aromatic heterocycles. The second kappa shape index (κ2) is 14.8. The molecule has 0 bridgehead atoms. The van der Waals surface area contributed by atoms with Gasteiger partial charge in [-0.1, -0.05) is 10.1 Å². The number of rotatable bonds is 13. The van der Waals surface area contributed by atoms with Crippen molar-refractivity contribution in [3.05, 3.63) is 48.5 Å². The van der Waals surface area contributed by atoms with E-state index >= 15 is 0 Å². The van der Waals surface area contributed by atoms with Gasteiger partial charge in [-0.2, -0.15) is 25.3 Å². The van der Waals surface area contributed by atoms with Crippen molar-refractivity contribution in [2.45, 2.75) is 24.5 Å². The molecule has 9 N–H and O–H groups in total. The van der Waals surface area contributed by atoms with E-state index in [-0.39, 0.29) is 50.6 Å². The van der Waals surface area contributed by atoms with E-state index in [1.807, 2.05) is 0 Å². The fraction of sp³-hybridized carbons (Fsp3) is 0. The van der Waals surface area contributed by atoms with Crippen LogP contribution in [-0.4, -0.2) is 59.6 Å². The van der Waals surface area contributed by atoms with Crippen molar-refractivity contribution in [2.75, 3.05) is 5.73 Å². The van der Waals surface area contributed by atoms with Gasteiger partial charge in [-0.3, -0.25) is 13.7 Å². The molecule has 0 fully saturated rings. The summed E-state index contributed by atoms with van der Waals surface area (Å²) in [7, 11) is -14.9. The molecule has 0 aliphatic rings. The number of aromatic hydroxyl groups is 2. The summed E-state index contributed by atoms with van der Waals surface area (Å²) in [6, 6.07) is 7.35. The van der Waals surface area contributed by atoms with Gasteiger partial charge in [-0.25, -0.2) is 10.5 Å². The van der Waals surface area contributed by atoms with Gasteiger partial charge >= 0.3 is 0 Å². The van der Waals surface area contributed by atoms with Gasteiger partial charge in [0.25, 0.3) is 30.4 Å². The number of phenols is 2. The van der Waals surface area contributed by atoms with Crippen LogP contribution in [0.1, 0.15) is 0 Å². The van der Waals surface area contributed by atoms with Crippen LogP contribution in [0.4, 0.5) is 28.4 Å². The Hall–Kier alpha value is -4.07. The van der Waals surface area contributed by atoms with Gasteiger partial charge in [-0.05, 0) is 53.9 Å². The molecule has 0 aliphatic carbocycles. The first kappa shape index (κ1) is 37.7. The standard InChI is InChI=1S/C22H17N5O17S5/c23-10-1-3-13(16(7-10)48(35,36)37)25-26-19-15(46-44-42-31)5-9-6-17(49(38,39)40)20(22(29)18(9)21(19)28)27-24-12-4-2-11(47(32,33)34)8-14(12)45-43-41-30/h1-8,28-31H,23H2,(H,32,33,34)(H,35,36,37)(H,38,39,40)/b26-25+,27-24+. The van der Waals surface area contributed by atoms with Crippen LogP contribution >= 0.6 is 24.1 Å². The molecular formula is C22H17N5O17S5. The van der Waals surface area contributed by atoms with E-state index < -0.39 is 79.0 Å². The van der Waals surface area contributed by atoms with Crippen molar-refractivity contribution in [3.8, 4) is 11.5 Å². The van der Waals surface area contributed by atoms with E-state index in [1.165, 1.54) is 6.07 Å². The number of hydrogen-bond acceptors (Lipinski definition) is 21. The number of phenolic OH excluding ortho intramolecular Hbond substituents is 2. The maximum Gasteiger partial charge on any atom is 0.296 e. The minimum atomic E-state index is -5.25. The largest absolute Gasteiger partial charge is 0.505 e. The van der Waals surface area contributed by atoms with E-state index in [1.54, 1.807) is 0 Å². The highest BCUT2D eigenvalue weighted by molar-refractivity contribution is 7.95. The number of nitrogen functional groups attached to an aromatic ring is 1. The van der Waals surface area contributed by atoms with Crippen LogP contribution in [0.2, 0.25) is 0 Å². The van der Waals surface area contributed by atoms with Crippen LogP contribution in [0.3, 0.4) is 0 Å². The molecule has 0 saturated carbocycles. The molecule has 4 aromatic carbocycles. The van der Waals surface area contributed by atoms with E-state index in [4.69, 9.17) is 16.2 Å². The van der Waals surface area contributed by atoms with Crippen LogP contribution in [0.5, 0.6) is 11.5 Å². The van der Waals surface area contributed by atoms with Crippen LogP contribution in [0.15, 0.2) is 93.5 Å². The second-order valence-electron chi connectivity index (χ2n) is 8.88. The molecule has 49 heavy (non-hydrogen) atoms. The highest BCUT2D eigenvalue weighted by atomic mass is 32.2. The van der Waals surface area contributed by atoms with Crippen molar-refractivity contribution in [1.82, 2.24) is 0 Å². The summed E-state index contributed by atoms with van der Waals surface area (Å²) in [5.74, 6) is -2.17. The SMILES string of the molecule is Nc1ccc(/N=N/c2c(SOOO)cc3cc(S(=O)(=O)O)c(/N=N/c4ccc(S(=O)(=O)O)cc4SOOO)c(O)c3c2O)c(S(=O)(=O)O)c1.